The number of sulfonamides is 1. The quantitative estimate of drug-likeness (QED) is 0.158. The second-order valence-electron chi connectivity index (χ2n) is 9.75. The van der Waals surface area contributed by atoms with Crippen molar-refractivity contribution >= 4 is 50.0 Å². The molecule has 3 N–H and O–H groups in total. The number of nitrogens with one attached hydrogen (secondary N) is 2. The van der Waals surface area contributed by atoms with Crippen LogP contribution in [0.25, 0.3) is 21.7 Å². The van der Waals surface area contributed by atoms with E-state index >= 15 is 0 Å². The predicted octanol–water partition coefficient (Wildman–Crippen LogP) is 6.67. The molecule has 0 radical (unpaired) electrons. The van der Waals surface area contributed by atoms with Crippen LogP contribution in [-0.4, -0.2) is 36.4 Å². The molecule has 0 aliphatic carbocycles. The lowest BCUT2D eigenvalue weighted by Crippen LogP contribution is -2.42. The Labute approximate surface area is 258 Å². The number of anilines is 1. The molecule has 1 unspecified atom stereocenters. The maximum Gasteiger partial charge on any atom is 0.322 e. The van der Waals surface area contributed by atoms with E-state index in [0.29, 0.717) is 21.4 Å². The molecule has 1 heterocycles. The second kappa shape index (κ2) is 12.9. The number of nitrogens with zero attached hydrogens (tertiary/aromatic N) is 1. The van der Waals surface area contributed by atoms with E-state index in [1.165, 1.54) is 35.6 Å². The van der Waals surface area contributed by atoms with Crippen LogP contribution in [0.1, 0.15) is 21.5 Å². The Morgan fingerprint density at radius 3 is 2.26 bits per heavy atom. The summed E-state index contributed by atoms with van der Waals surface area (Å²) in [4.78, 5) is 30.3. The minimum absolute atomic E-state index is 0.0224. The number of hydrogen-bond acceptors (Lipinski definition) is 6. The van der Waals surface area contributed by atoms with Crippen LogP contribution >= 0.6 is 22.9 Å². The summed E-state index contributed by atoms with van der Waals surface area (Å²) in [5.41, 5.74) is 4.40. The molecule has 0 fully saturated rings. The molecular weight excluding hydrogens is 606 g/mol. The lowest BCUT2D eigenvalue weighted by atomic mass is 10.1. The van der Waals surface area contributed by atoms with Crippen molar-refractivity contribution in [2.24, 2.45) is 0 Å². The van der Waals surface area contributed by atoms with Crippen molar-refractivity contribution in [2.75, 3.05) is 5.32 Å². The highest BCUT2D eigenvalue weighted by Crippen LogP contribution is 2.39. The number of aliphatic carboxylic acids is 1. The number of halogens is 1. The first-order chi connectivity index (χ1) is 20.6. The summed E-state index contributed by atoms with van der Waals surface area (Å²) in [7, 11) is -4.18. The first-order valence-electron chi connectivity index (χ1n) is 13.1. The van der Waals surface area contributed by atoms with E-state index < -0.39 is 27.9 Å². The molecule has 1 atom stereocenters. The van der Waals surface area contributed by atoms with Gasteiger partial charge in [-0.25, -0.2) is 13.4 Å². The summed E-state index contributed by atoms with van der Waals surface area (Å²) in [5.74, 6) is -1.78. The fourth-order valence-corrected chi connectivity index (χ4v) is 6.71. The molecule has 218 valence electrons. The number of carboxylic acids is 1. The minimum atomic E-state index is -4.18. The number of aryl methyl sites for hydroxylation is 1. The summed E-state index contributed by atoms with van der Waals surface area (Å²) < 4.78 is 28.2. The van der Waals surface area contributed by atoms with Gasteiger partial charge in [-0.2, -0.15) is 4.72 Å². The lowest BCUT2D eigenvalue weighted by molar-refractivity contribution is -0.138. The van der Waals surface area contributed by atoms with Gasteiger partial charge < -0.3 is 5.11 Å². The Morgan fingerprint density at radius 2 is 1.60 bits per heavy atom. The maximum absolute atomic E-state index is 13.1. The monoisotopic (exact) mass is 631 g/mol. The third-order valence-electron chi connectivity index (χ3n) is 6.56. The molecule has 5 rings (SSSR count). The van der Waals surface area contributed by atoms with Gasteiger partial charge in [0, 0.05) is 16.1 Å². The van der Waals surface area contributed by atoms with Crippen LogP contribution in [0.2, 0.25) is 5.02 Å². The Hall–Kier alpha value is -4.35. The van der Waals surface area contributed by atoms with E-state index in [0.717, 1.165) is 21.6 Å². The molecule has 4 aromatic carbocycles. The zero-order valence-corrected chi connectivity index (χ0v) is 25.2. The summed E-state index contributed by atoms with van der Waals surface area (Å²) in [5, 5.41) is 13.3. The molecule has 1 aromatic heterocycles. The number of aromatic nitrogens is 1. The third-order valence-corrected chi connectivity index (χ3v) is 9.31. The van der Waals surface area contributed by atoms with E-state index in [4.69, 9.17) is 16.6 Å². The number of carbonyl (C=O) groups excluding carboxylic acids is 1. The van der Waals surface area contributed by atoms with Crippen molar-refractivity contribution in [1.29, 1.82) is 0 Å². The van der Waals surface area contributed by atoms with E-state index in [1.807, 2.05) is 49.4 Å². The van der Waals surface area contributed by atoms with Crippen molar-refractivity contribution in [3.63, 3.8) is 0 Å². The van der Waals surface area contributed by atoms with Crippen LogP contribution in [0.3, 0.4) is 0 Å². The van der Waals surface area contributed by atoms with Crippen LogP contribution in [0, 0.1) is 6.92 Å². The second-order valence-corrected chi connectivity index (χ2v) is 12.9. The molecule has 0 saturated carbocycles. The van der Waals surface area contributed by atoms with Gasteiger partial charge in [0.1, 0.15) is 6.04 Å². The normalized spacial score (nSPS) is 12.0. The van der Waals surface area contributed by atoms with Gasteiger partial charge in [-0.3, -0.25) is 14.9 Å². The molecule has 5 aromatic rings. The van der Waals surface area contributed by atoms with Crippen LogP contribution < -0.4 is 10.0 Å². The number of thiazole rings is 1. The molecule has 0 bridgehead atoms. The Morgan fingerprint density at radius 1 is 0.907 bits per heavy atom. The van der Waals surface area contributed by atoms with Gasteiger partial charge in [0.05, 0.1) is 15.5 Å². The molecule has 11 heteroatoms. The number of rotatable bonds is 10. The minimum Gasteiger partial charge on any atom is -0.480 e. The largest absolute Gasteiger partial charge is 0.480 e. The lowest BCUT2D eigenvalue weighted by Gasteiger charge is -2.15. The van der Waals surface area contributed by atoms with Crippen molar-refractivity contribution in [2.45, 2.75) is 24.3 Å². The Bertz CT molecular complexity index is 1870. The highest BCUT2D eigenvalue weighted by atomic mass is 35.5. The Kier molecular flexibility index (Phi) is 9.02. The van der Waals surface area contributed by atoms with Gasteiger partial charge in [-0.15, -0.1) is 0 Å². The zero-order valence-electron chi connectivity index (χ0n) is 22.8. The summed E-state index contributed by atoms with van der Waals surface area (Å²) in [6, 6.07) is 27.9. The first-order valence-corrected chi connectivity index (χ1v) is 15.8. The van der Waals surface area contributed by atoms with Crippen LogP contribution in [-0.2, 0) is 21.2 Å². The topological polar surface area (TPSA) is 125 Å². The van der Waals surface area contributed by atoms with E-state index in [9.17, 15) is 23.1 Å². The highest BCUT2D eigenvalue weighted by Gasteiger charge is 2.26. The number of carbonyl (C=O) groups is 2. The van der Waals surface area contributed by atoms with Crippen molar-refractivity contribution in [1.82, 2.24) is 9.71 Å². The van der Waals surface area contributed by atoms with Gasteiger partial charge in [-0.1, -0.05) is 95.2 Å². The van der Waals surface area contributed by atoms with Gasteiger partial charge in [0.2, 0.25) is 10.0 Å². The molecule has 8 nitrogen and oxygen atoms in total. The fraction of sp³-hybridized carbons (Fsp3) is 0.0938. The summed E-state index contributed by atoms with van der Waals surface area (Å²) in [6.45, 7) is 2.00. The van der Waals surface area contributed by atoms with Crippen molar-refractivity contribution in [3.05, 3.63) is 125 Å². The van der Waals surface area contributed by atoms with Crippen LogP contribution in [0.5, 0.6) is 0 Å². The summed E-state index contributed by atoms with van der Waals surface area (Å²) >= 11 is 7.55. The molecule has 1 amide bonds. The van der Waals surface area contributed by atoms with Gasteiger partial charge in [0.25, 0.3) is 5.91 Å². The van der Waals surface area contributed by atoms with E-state index in [2.05, 4.69) is 10.0 Å². The van der Waals surface area contributed by atoms with Crippen molar-refractivity contribution < 1.29 is 23.1 Å². The third kappa shape index (κ3) is 7.36. The first kappa shape index (κ1) is 30.1. The number of carboxylic acid groups (broad SMARTS) is 1. The molecule has 0 aliphatic rings. The average molecular weight is 632 g/mol. The maximum atomic E-state index is 13.1. The molecule has 0 spiro atoms. The van der Waals surface area contributed by atoms with E-state index in [-0.39, 0.29) is 16.9 Å². The molecule has 0 aliphatic heterocycles. The van der Waals surface area contributed by atoms with Crippen LogP contribution in [0.4, 0.5) is 5.13 Å². The van der Waals surface area contributed by atoms with Gasteiger partial charge >= 0.3 is 5.97 Å². The standard InChI is InChI=1S/C32H26ClN3O5S2/c1-20-10-12-22(13-11-20)29-28(24-8-5-9-25(33)19-24)34-32(42-29)35-30(37)23-14-16-26(17-15-23)43(40,41)36-27(31(38)39)18-21-6-3-2-4-7-21/h2-17,19,27,36H,18H2,1H3,(H,38,39)(H,34,35,37). The van der Waals surface area contributed by atoms with Crippen molar-refractivity contribution in [3.8, 4) is 21.7 Å². The number of amides is 1. The highest BCUT2D eigenvalue weighted by molar-refractivity contribution is 7.89. The number of benzene rings is 4. The smallest absolute Gasteiger partial charge is 0.322 e. The Balaban J connectivity index is 1.35. The fourth-order valence-electron chi connectivity index (χ4n) is 4.34. The van der Waals surface area contributed by atoms with Gasteiger partial charge in [-0.05, 0) is 60.9 Å². The molecule has 43 heavy (non-hydrogen) atoms. The zero-order chi connectivity index (χ0) is 30.6. The van der Waals surface area contributed by atoms with Gasteiger partial charge in [0.15, 0.2) is 5.13 Å². The van der Waals surface area contributed by atoms with E-state index in [1.54, 1.807) is 36.4 Å². The van der Waals surface area contributed by atoms with Crippen LogP contribution in [0.15, 0.2) is 108 Å². The SMILES string of the molecule is Cc1ccc(-c2sc(NC(=O)c3ccc(S(=O)(=O)NC(Cc4ccccc4)C(=O)O)cc3)nc2-c2cccc(Cl)c2)cc1. The average Bonchev–Trinajstić information content (AvgIpc) is 3.41. The summed E-state index contributed by atoms with van der Waals surface area (Å²) in [6.07, 6.45) is -0.0224. The molecular formula is C32H26ClN3O5S2. The number of hydrogen-bond donors (Lipinski definition) is 3. The predicted molar refractivity (Wildman–Crippen MR) is 169 cm³/mol. The molecule has 0 saturated heterocycles.